The van der Waals surface area contributed by atoms with Crippen molar-refractivity contribution >= 4 is 23.1 Å². The Labute approximate surface area is 121 Å². The van der Waals surface area contributed by atoms with E-state index in [1.54, 1.807) is 19.1 Å². The number of carbonyl (C=O) groups excluding carboxylic acids is 1. The topological polar surface area (TPSA) is 49.3 Å². The summed E-state index contributed by atoms with van der Waals surface area (Å²) in [5, 5.41) is 9.70. The molecule has 0 radical (unpaired) electrons. The predicted octanol–water partition coefficient (Wildman–Crippen LogP) is 4.46. The lowest BCUT2D eigenvalue weighted by molar-refractivity contribution is 0.101. The number of hydrogen-bond acceptors (Lipinski definition) is 3. The molecule has 0 saturated carbocycles. The number of anilines is 1. The maximum absolute atomic E-state index is 13.4. The summed E-state index contributed by atoms with van der Waals surface area (Å²) < 4.78 is 13.4. The van der Waals surface area contributed by atoms with Gasteiger partial charge in [0.2, 0.25) is 0 Å². The highest BCUT2D eigenvalue weighted by atomic mass is 35.5. The van der Waals surface area contributed by atoms with Crippen molar-refractivity contribution in [2.24, 2.45) is 0 Å². The minimum absolute atomic E-state index is 0.220. The van der Waals surface area contributed by atoms with Crippen LogP contribution in [0.15, 0.2) is 30.3 Å². The van der Waals surface area contributed by atoms with Crippen molar-refractivity contribution in [3.8, 4) is 11.1 Å². The molecule has 20 heavy (non-hydrogen) atoms. The maximum Gasteiger partial charge on any atom is 0.160 e. The van der Waals surface area contributed by atoms with Crippen LogP contribution >= 0.6 is 11.6 Å². The summed E-state index contributed by atoms with van der Waals surface area (Å²) >= 11 is 6.06. The predicted molar refractivity (Wildman–Crippen MR) is 77.0 cm³/mol. The Morgan fingerprint density at radius 1 is 1.35 bits per heavy atom. The Kier molecular flexibility index (Phi) is 4.06. The van der Waals surface area contributed by atoms with Gasteiger partial charge in [-0.05, 0) is 43.2 Å². The molecule has 2 rings (SSSR count). The third-order valence-corrected chi connectivity index (χ3v) is 3.52. The molecule has 0 bridgehead atoms. The Bertz CT molecular complexity index is 686. The van der Waals surface area contributed by atoms with Crippen LogP contribution in [0.1, 0.15) is 22.8 Å². The highest BCUT2D eigenvalue weighted by Gasteiger charge is 2.19. The number of ketones is 1. The van der Waals surface area contributed by atoms with Crippen molar-refractivity contribution in [3.05, 3.63) is 52.3 Å². The lowest BCUT2D eigenvalue weighted by Gasteiger charge is -2.16. The number of benzene rings is 2. The molecule has 0 saturated heterocycles. The van der Waals surface area contributed by atoms with Gasteiger partial charge < -0.3 is 0 Å². The Hall–Kier alpha value is -1.91. The van der Waals surface area contributed by atoms with Gasteiger partial charge >= 0.3 is 0 Å². The van der Waals surface area contributed by atoms with Crippen LogP contribution in [0.25, 0.3) is 11.1 Å². The van der Waals surface area contributed by atoms with Crippen LogP contribution in [0.2, 0.25) is 5.02 Å². The van der Waals surface area contributed by atoms with Crippen LogP contribution in [-0.2, 0) is 0 Å². The van der Waals surface area contributed by atoms with Gasteiger partial charge in [0.1, 0.15) is 5.82 Å². The van der Waals surface area contributed by atoms with E-state index in [1.807, 2.05) is 0 Å². The summed E-state index contributed by atoms with van der Waals surface area (Å²) in [6.45, 7) is 3.10. The third-order valence-electron chi connectivity index (χ3n) is 3.13. The molecule has 0 heterocycles. The zero-order valence-corrected chi connectivity index (χ0v) is 11.8. The molecule has 2 aromatic carbocycles. The molecule has 0 aliphatic carbocycles. The molecule has 0 aliphatic rings. The van der Waals surface area contributed by atoms with E-state index in [1.165, 1.54) is 25.1 Å². The van der Waals surface area contributed by atoms with Gasteiger partial charge in [0.15, 0.2) is 5.78 Å². The van der Waals surface area contributed by atoms with Crippen LogP contribution in [0.4, 0.5) is 10.1 Å². The zero-order chi connectivity index (χ0) is 14.9. The lowest BCUT2D eigenvalue weighted by Crippen LogP contribution is -2.04. The Balaban J connectivity index is 2.85. The number of hydrogen-bond donors (Lipinski definition) is 2. The largest absolute Gasteiger partial charge is 0.294 e. The van der Waals surface area contributed by atoms with E-state index in [2.05, 4.69) is 5.48 Å². The van der Waals surface area contributed by atoms with E-state index >= 15 is 0 Å². The normalized spacial score (nSPS) is 10.4. The van der Waals surface area contributed by atoms with Crippen molar-refractivity contribution in [2.45, 2.75) is 13.8 Å². The zero-order valence-electron chi connectivity index (χ0n) is 11.0. The standard InChI is InChI=1S/C15H13ClFNO2/c1-8-13(16)7-12(9(2)19)14(15(8)18-20)10-4-3-5-11(17)6-10/h3-7,18,20H,1-2H3. The highest BCUT2D eigenvalue weighted by Crippen LogP contribution is 2.38. The van der Waals surface area contributed by atoms with E-state index in [4.69, 9.17) is 11.6 Å². The van der Waals surface area contributed by atoms with Crippen LogP contribution in [-0.4, -0.2) is 11.0 Å². The van der Waals surface area contributed by atoms with Crippen LogP contribution in [0.3, 0.4) is 0 Å². The van der Waals surface area contributed by atoms with Gasteiger partial charge in [-0.1, -0.05) is 23.7 Å². The fourth-order valence-electron chi connectivity index (χ4n) is 2.11. The summed E-state index contributed by atoms with van der Waals surface area (Å²) in [6, 6.07) is 7.35. The molecule has 0 aromatic heterocycles. The summed E-state index contributed by atoms with van der Waals surface area (Å²) in [5.74, 6) is -0.642. The first kappa shape index (κ1) is 14.5. The summed E-state index contributed by atoms with van der Waals surface area (Å²) in [7, 11) is 0. The molecule has 0 aliphatic heterocycles. The second kappa shape index (κ2) is 5.61. The summed E-state index contributed by atoms with van der Waals surface area (Å²) in [5.41, 5.74) is 4.19. The monoisotopic (exact) mass is 293 g/mol. The fourth-order valence-corrected chi connectivity index (χ4v) is 2.31. The van der Waals surface area contributed by atoms with E-state index < -0.39 is 5.82 Å². The minimum Gasteiger partial charge on any atom is -0.294 e. The molecular formula is C15H13ClFNO2. The molecule has 0 amide bonds. The molecule has 3 nitrogen and oxygen atoms in total. The number of halogens is 2. The first-order chi connectivity index (χ1) is 9.45. The van der Waals surface area contributed by atoms with Gasteiger partial charge in [-0.2, -0.15) is 0 Å². The van der Waals surface area contributed by atoms with Crippen LogP contribution < -0.4 is 5.48 Å². The molecule has 2 aromatic rings. The number of Topliss-reactive ketones (excluding diaryl/α,β-unsaturated/α-hetero) is 1. The van der Waals surface area contributed by atoms with Crippen molar-refractivity contribution in [1.82, 2.24) is 0 Å². The molecule has 2 N–H and O–H groups in total. The molecule has 104 valence electrons. The summed E-state index contributed by atoms with van der Waals surface area (Å²) in [4.78, 5) is 11.8. The minimum atomic E-state index is -0.423. The fraction of sp³-hybridized carbons (Fsp3) is 0.133. The molecule has 0 atom stereocenters. The average molecular weight is 294 g/mol. The second-order valence-electron chi connectivity index (χ2n) is 4.46. The highest BCUT2D eigenvalue weighted by molar-refractivity contribution is 6.32. The Morgan fingerprint density at radius 2 is 2.05 bits per heavy atom. The van der Waals surface area contributed by atoms with E-state index in [-0.39, 0.29) is 5.78 Å². The van der Waals surface area contributed by atoms with Crippen LogP contribution in [0, 0.1) is 12.7 Å². The first-order valence-electron chi connectivity index (χ1n) is 5.95. The van der Waals surface area contributed by atoms with Crippen molar-refractivity contribution in [3.63, 3.8) is 0 Å². The molecule has 0 spiro atoms. The Morgan fingerprint density at radius 3 is 2.60 bits per heavy atom. The smallest absolute Gasteiger partial charge is 0.160 e. The number of nitrogens with one attached hydrogen (secondary N) is 1. The third kappa shape index (κ3) is 2.53. The quantitative estimate of drug-likeness (QED) is 0.649. The molecule has 0 fully saturated rings. The first-order valence-corrected chi connectivity index (χ1v) is 6.33. The van der Waals surface area contributed by atoms with E-state index in [9.17, 15) is 14.4 Å². The molecule has 0 unspecified atom stereocenters. The van der Waals surface area contributed by atoms with Gasteiger partial charge in [0.25, 0.3) is 0 Å². The second-order valence-corrected chi connectivity index (χ2v) is 4.87. The van der Waals surface area contributed by atoms with Gasteiger partial charge in [-0.25, -0.2) is 4.39 Å². The number of carbonyl (C=O) groups is 1. The van der Waals surface area contributed by atoms with Crippen molar-refractivity contribution in [1.29, 1.82) is 0 Å². The maximum atomic E-state index is 13.4. The van der Waals surface area contributed by atoms with Crippen molar-refractivity contribution in [2.75, 3.05) is 5.48 Å². The summed E-state index contributed by atoms with van der Waals surface area (Å²) in [6.07, 6.45) is 0. The van der Waals surface area contributed by atoms with Crippen molar-refractivity contribution < 1.29 is 14.4 Å². The SMILES string of the molecule is CC(=O)c1cc(Cl)c(C)c(NO)c1-c1cccc(F)c1. The van der Waals surface area contributed by atoms with Gasteiger partial charge in [0, 0.05) is 16.1 Å². The van der Waals surface area contributed by atoms with Gasteiger partial charge in [-0.3, -0.25) is 15.5 Å². The molecule has 5 heteroatoms. The van der Waals surface area contributed by atoms with Gasteiger partial charge in [0.05, 0.1) is 5.69 Å². The average Bonchev–Trinajstić information content (AvgIpc) is 2.40. The lowest BCUT2D eigenvalue weighted by atomic mass is 9.93. The number of rotatable bonds is 3. The molecular weight excluding hydrogens is 281 g/mol. The van der Waals surface area contributed by atoms with Gasteiger partial charge in [-0.15, -0.1) is 0 Å². The van der Waals surface area contributed by atoms with E-state index in [0.717, 1.165) is 0 Å². The van der Waals surface area contributed by atoms with E-state index in [0.29, 0.717) is 33.0 Å². The van der Waals surface area contributed by atoms with Crippen LogP contribution in [0.5, 0.6) is 0 Å².